The number of carbonyl (C=O) groups excluding carboxylic acids is 1. The van der Waals surface area contributed by atoms with E-state index in [9.17, 15) is 13.2 Å². The molecule has 1 amide bonds. The van der Waals surface area contributed by atoms with Crippen LogP contribution in [0.4, 0.5) is 4.79 Å². The molecule has 0 aliphatic carbocycles. The van der Waals surface area contributed by atoms with E-state index in [0.717, 1.165) is 0 Å². The third-order valence-electron chi connectivity index (χ3n) is 4.07. The van der Waals surface area contributed by atoms with E-state index in [0.29, 0.717) is 39.0 Å². The van der Waals surface area contributed by atoms with E-state index in [2.05, 4.69) is 10.4 Å². The van der Waals surface area contributed by atoms with E-state index < -0.39 is 21.7 Å². The summed E-state index contributed by atoms with van der Waals surface area (Å²) in [6.07, 6.45) is 3.51. The average Bonchev–Trinajstić information content (AvgIpc) is 3.07. The molecule has 8 nitrogen and oxygen atoms in total. The van der Waals surface area contributed by atoms with Crippen molar-refractivity contribution in [1.29, 1.82) is 0 Å². The fourth-order valence-corrected chi connectivity index (χ4v) is 4.11. The first kappa shape index (κ1) is 14.3. The standard InChI is InChI=1S/C12H18N4O4S/c1-2-15-8-10(7-14-15)21(18,19)16-5-3-12(4-6-16)9-13-11(17)20-12/h7-8H,2-6,9H2,1H3,(H,13,17). The van der Waals surface area contributed by atoms with Crippen LogP contribution in [0.2, 0.25) is 0 Å². The van der Waals surface area contributed by atoms with Crippen molar-refractivity contribution in [3.8, 4) is 0 Å². The Bertz CT molecular complexity index is 646. The maximum Gasteiger partial charge on any atom is 0.407 e. The van der Waals surface area contributed by atoms with Gasteiger partial charge >= 0.3 is 6.09 Å². The number of hydrogen-bond donors (Lipinski definition) is 1. The second-order valence-corrected chi connectivity index (χ2v) is 7.30. The molecule has 0 saturated carbocycles. The van der Waals surface area contributed by atoms with Gasteiger partial charge in [-0.15, -0.1) is 0 Å². The maximum absolute atomic E-state index is 12.5. The molecule has 2 aliphatic heterocycles. The third-order valence-corrected chi connectivity index (χ3v) is 5.92. The predicted octanol–water partition coefficient (Wildman–Crippen LogP) is 0.166. The van der Waals surface area contributed by atoms with Crippen molar-refractivity contribution in [2.75, 3.05) is 19.6 Å². The number of rotatable bonds is 3. The Morgan fingerprint density at radius 3 is 2.67 bits per heavy atom. The minimum Gasteiger partial charge on any atom is -0.441 e. The number of hydrogen-bond acceptors (Lipinski definition) is 5. The SMILES string of the molecule is CCn1cc(S(=O)(=O)N2CCC3(CC2)CNC(=O)O3)cn1. The molecule has 2 fully saturated rings. The van der Waals surface area contributed by atoms with Crippen molar-refractivity contribution in [3.63, 3.8) is 0 Å². The van der Waals surface area contributed by atoms with Crippen LogP contribution in [-0.2, 0) is 21.3 Å². The van der Waals surface area contributed by atoms with Gasteiger partial charge in [-0.3, -0.25) is 4.68 Å². The highest BCUT2D eigenvalue weighted by molar-refractivity contribution is 7.89. The molecule has 0 bridgehead atoms. The van der Waals surface area contributed by atoms with Crippen LogP contribution in [0.3, 0.4) is 0 Å². The van der Waals surface area contributed by atoms with Gasteiger partial charge in [-0.2, -0.15) is 9.40 Å². The number of aryl methyl sites for hydroxylation is 1. The van der Waals surface area contributed by atoms with E-state index in [4.69, 9.17) is 4.74 Å². The molecule has 2 saturated heterocycles. The number of nitrogens with one attached hydrogen (secondary N) is 1. The normalized spacial score (nSPS) is 22.2. The lowest BCUT2D eigenvalue weighted by atomic mass is 9.93. The monoisotopic (exact) mass is 314 g/mol. The predicted molar refractivity (Wildman–Crippen MR) is 73.1 cm³/mol. The molecular formula is C12H18N4O4S. The van der Waals surface area contributed by atoms with Crippen molar-refractivity contribution >= 4 is 16.1 Å². The van der Waals surface area contributed by atoms with Crippen LogP contribution < -0.4 is 5.32 Å². The zero-order chi connectivity index (χ0) is 15.1. The molecule has 0 unspecified atom stereocenters. The topological polar surface area (TPSA) is 93.5 Å². The van der Waals surface area contributed by atoms with Crippen molar-refractivity contribution < 1.29 is 17.9 Å². The highest BCUT2D eigenvalue weighted by Gasteiger charge is 2.45. The molecule has 1 N–H and O–H groups in total. The third kappa shape index (κ3) is 2.51. The van der Waals surface area contributed by atoms with Gasteiger partial charge in [0.05, 0.1) is 12.7 Å². The Morgan fingerprint density at radius 2 is 2.14 bits per heavy atom. The number of nitrogens with zero attached hydrogens (tertiary/aromatic N) is 3. The first-order valence-corrected chi connectivity index (χ1v) is 8.39. The van der Waals surface area contributed by atoms with Gasteiger partial charge in [-0.05, 0) is 6.92 Å². The maximum atomic E-state index is 12.5. The van der Waals surface area contributed by atoms with Gasteiger partial charge in [-0.1, -0.05) is 0 Å². The number of carbonyl (C=O) groups is 1. The fourth-order valence-electron chi connectivity index (χ4n) is 2.71. The smallest absolute Gasteiger partial charge is 0.407 e. The summed E-state index contributed by atoms with van der Waals surface area (Å²) in [7, 11) is -3.52. The van der Waals surface area contributed by atoms with Crippen LogP contribution >= 0.6 is 0 Å². The molecule has 1 aromatic heterocycles. The highest BCUT2D eigenvalue weighted by Crippen LogP contribution is 2.31. The van der Waals surface area contributed by atoms with Gasteiger partial charge in [0, 0.05) is 38.7 Å². The Morgan fingerprint density at radius 1 is 1.43 bits per heavy atom. The number of aromatic nitrogens is 2. The molecule has 0 aromatic carbocycles. The minimum absolute atomic E-state index is 0.210. The van der Waals surface area contributed by atoms with Crippen LogP contribution in [0, 0.1) is 0 Å². The zero-order valence-electron chi connectivity index (χ0n) is 11.8. The molecule has 0 radical (unpaired) electrons. The lowest BCUT2D eigenvalue weighted by molar-refractivity contribution is 0.0173. The summed E-state index contributed by atoms with van der Waals surface area (Å²) in [6, 6.07) is 0. The molecular weight excluding hydrogens is 296 g/mol. The second kappa shape index (κ2) is 4.99. The van der Waals surface area contributed by atoms with Gasteiger partial charge in [0.1, 0.15) is 10.5 Å². The molecule has 3 rings (SSSR count). The van der Waals surface area contributed by atoms with Crippen molar-refractivity contribution in [3.05, 3.63) is 12.4 Å². The van der Waals surface area contributed by atoms with Crippen LogP contribution in [0.1, 0.15) is 19.8 Å². The summed E-state index contributed by atoms with van der Waals surface area (Å²) < 4.78 is 33.4. The highest BCUT2D eigenvalue weighted by atomic mass is 32.2. The first-order chi connectivity index (χ1) is 9.95. The largest absolute Gasteiger partial charge is 0.441 e. The fraction of sp³-hybridized carbons (Fsp3) is 0.667. The zero-order valence-corrected chi connectivity index (χ0v) is 12.6. The van der Waals surface area contributed by atoms with Crippen molar-refractivity contribution in [2.45, 2.75) is 36.8 Å². The minimum atomic E-state index is -3.52. The number of piperidine rings is 1. The molecule has 3 heterocycles. The number of amides is 1. The van der Waals surface area contributed by atoms with E-state index in [1.165, 1.54) is 16.7 Å². The molecule has 116 valence electrons. The quantitative estimate of drug-likeness (QED) is 0.858. The van der Waals surface area contributed by atoms with Gasteiger partial charge in [0.2, 0.25) is 10.0 Å². The van der Waals surface area contributed by atoms with Crippen molar-refractivity contribution in [2.24, 2.45) is 0 Å². The second-order valence-electron chi connectivity index (χ2n) is 5.36. The van der Waals surface area contributed by atoms with Gasteiger partial charge in [0.15, 0.2) is 0 Å². The van der Waals surface area contributed by atoms with Crippen LogP contribution in [0.5, 0.6) is 0 Å². The lowest BCUT2D eigenvalue weighted by Gasteiger charge is -2.36. The molecule has 0 atom stereocenters. The van der Waals surface area contributed by atoms with Crippen LogP contribution in [-0.4, -0.2) is 53.8 Å². The molecule has 21 heavy (non-hydrogen) atoms. The van der Waals surface area contributed by atoms with Crippen molar-refractivity contribution in [1.82, 2.24) is 19.4 Å². The number of sulfonamides is 1. The van der Waals surface area contributed by atoms with Gasteiger partial charge in [-0.25, -0.2) is 13.2 Å². The Balaban J connectivity index is 1.72. The van der Waals surface area contributed by atoms with E-state index in [1.807, 2.05) is 6.92 Å². The summed E-state index contributed by atoms with van der Waals surface area (Å²) >= 11 is 0. The molecule has 2 aliphatic rings. The molecule has 1 spiro atoms. The molecule has 1 aromatic rings. The van der Waals surface area contributed by atoms with Crippen LogP contribution in [0.25, 0.3) is 0 Å². The summed E-state index contributed by atoms with van der Waals surface area (Å²) in [6.45, 7) is 3.66. The van der Waals surface area contributed by atoms with E-state index >= 15 is 0 Å². The Labute approximate surface area is 123 Å². The van der Waals surface area contributed by atoms with Crippen LogP contribution in [0.15, 0.2) is 17.3 Å². The first-order valence-electron chi connectivity index (χ1n) is 6.95. The summed E-state index contributed by atoms with van der Waals surface area (Å²) in [5.41, 5.74) is -0.545. The summed E-state index contributed by atoms with van der Waals surface area (Å²) in [4.78, 5) is 11.4. The van der Waals surface area contributed by atoms with E-state index in [-0.39, 0.29) is 4.90 Å². The summed E-state index contributed by atoms with van der Waals surface area (Å²) in [5, 5.41) is 6.64. The lowest BCUT2D eigenvalue weighted by Crippen LogP contribution is -2.48. The Kier molecular flexibility index (Phi) is 3.40. The number of alkyl carbamates (subject to hydrolysis) is 1. The average molecular weight is 314 g/mol. The number of ether oxygens (including phenoxy) is 1. The van der Waals surface area contributed by atoms with Gasteiger partial charge in [0.25, 0.3) is 0 Å². The molecule has 9 heteroatoms. The Hall–Kier alpha value is -1.61. The van der Waals surface area contributed by atoms with Gasteiger partial charge < -0.3 is 10.1 Å². The summed E-state index contributed by atoms with van der Waals surface area (Å²) in [5.74, 6) is 0. The van der Waals surface area contributed by atoms with E-state index in [1.54, 1.807) is 4.68 Å².